The number of hydrogen-bond donors (Lipinski definition) is 2. The standard InChI is InChI=1S/C12H15N3O5/c1-8(14-11(16)6-13)12(17)20-7-9-2-4-10(5-3-9)15(18)19/h2-5,8H,6-7,13H2,1H3,(H,14,16). The molecule has 0 aliphatic rings. The summed E-state index contributed by atoms with van der Waals surface area (Å²) in [5, 5.41) is 12.8. The van der Waals surface area contributed by atoms with Gasteiger partial charge in [-0.25, -0.2) is 4.79 Å². The minimum Gasteiger partial charge on any atom is -0.459 e. The molecule has 0 spiro atoms. The third kappa shape index (κ3) is 4.65. The highest BCUT2D eigenvalue weighted by atomic mass is 16.6. The molecule has 0 aliphatic carbocycles. The minimum absolute atomic E-state index is 0.0281. The zero-order valence-corrected chi connectivity index (χ0v) is 10.9. The number of nitrogens with one attached hydrogen (secondary N) is 1. The fourth-order valence-corrected chi connectivity index (χ4v) is 1.35. The summed E-state index contributed by atoms with van der Waals surface area (Å²) in [7, 11) is 0. The van der Waals surface area contributed by atoms with Crippen LogP contribution in [0.15, 0.2) is 24.3 Å². The molecule has 1 aromatic rings. The Labute approximate surface area is 115 Å². The first-order valence-corrected chi connectivity index (χ1v) is 5.83. The number of nitrogens with two attached hydrogens (primary N) is 1. The molecule has 0 bridgehead atoms. The number of carbonyl (C=O) groups excluding carboxylic acids is 2. The van der Waals surface area contributed by atoms with Crippen LogP contribution in [-0.2, 0) is 20.9 Å². The van der Waals surface area contributed by atoms with Crippen LogP contribution >= 0.6 is 0 Å². The van der Waals surface area contributed by atoms with Gasteiger partial charge in [-0.05, 0) is 24.6 Å². The summed E-state index contributed by atoms with van der Waals surface area (Å²) >= 11 is 0. The number of rotatable bonds is 6. The number of benzene rings is 1. The molecule has 1 atom stereocenters. The summed E-state index contributed by atoms with van der Waals surface area (Å²) in [6, 6.07) is 4.83. The van der Waals surface area contributed by atoms with Gasteiger partial charge in [0.15, 0.2) is 0 Å². The molecule has 0 fully saturated rings. The highest BCUT2D eigenvalue weighted by Gasteiger charge is 2.16. The van der Waals surface area contributed by atoms with Crippen molar-refractivity contribution < 1.29 is 19.2 Å². The molecule has 0 heterocycles. The van der Waals surface area contributed by atoms with E-state index in [-0.39, 0.29) is 18.8 Å². The number of amides is 1. The SMILES string of the molecule is CC(NC(=O)CN)C(=O)OCc1ccc([N+](=O)[O-])cc1. The van der Waals surface area contributed by atoms with E-state index in [2.05, 4.69) is 5.32 Å². The molecule has 1 unspecified atom stereocenters. The third-order valence-electron chi connectivity index (χ3n) is 2.44. The summed E-state index contributed by atoms with van der Waals surface area (Å²) in [6.45, 7) is 1.24. The molecule has 1 rings (SSSR count). The van der Waals surface area contributed by atoms with E-state index in [0.717, 1.165) is 0 Å². The van der Waals surface area contributed by atoms with E-state index in [1.165, 1.54) is 31.2 Å². The number of nitro benzene ring substituents is 1. The maximum absolute atomic E-state index is 11.6. The lowest BCUT2D eigenvalue weighted by Crippen LogP contribution is -2.42. The molecule has 20 heavy (non-hydrogen) atoms. The van der Waals surface area contributed by atoms with E-state index in [1.54, 1.807) is 0 Å². The highest BCUT2D eigenvalue weighted by molar-refractivity contribution is 5.85. The zero-order chi connectivity index (χ0) is 15.1. The van der Waals surface area contributed by atoms with Crippen molar-refractivity contribution in [3.8, 4) is 0 Å². The van der Waals surface area contributed by atoms with Crippen LogP contribution < -0.4 is 11.1 Å². The second kappa shape index (κ2) is 7.19. The van der Waals surface area contributed by atoms with Gasteiger partial charge in [-0.1, -0.05) is 0 Å². The van der Waals surface area contributed by atoms with Crippen LogP contribution in [0.25, 0.3) is 0 Å². The number of carbonyl (C=O) groups is 2. The summed E-state index contributed by atoms with van der Waals surface area (Å²) in [5.41, 5.74) is 5.68. The van der Waals surface area contributed by atoms with Gasteiger partial charge in [0.05, 0.1) is 11.5 Å². The predicted molar refractivity (Wildman–Crippen MR) is 69.6 cm³/mol. The Balaban J connectivity index is 2.48. The number of esters is 1. The molecule has 0 aliphatic heterocycles. The molecule has 1 aromatic carbocycles. The van der Waals surface area contributed by atoms with Crippen LogP contribution in [-0.4, -0.2) is 29.4 Å². The van der Waals surface area contributed by atoms with Crippen molar-refractivity contribution in [3.63, 3.8) is 0 Å². The first kappa shape index (κ1) is 15.6. The van der Waals surface area contributed by atoms with Crippen molar-refractivity contribution in [2.45, 2.75) is 19.6 Å². The molecular weight excluding hydrogens is 266 g/mol. The second-order valence-electron chi connectivity index (χ2n) is 4.02. The van der Waals surface area contributed by atoms with Gasteiger partial charge in [0.25, 0.3) is 5.69 Å². The average Bonchev–Trinajstić information content (AvgIpc) is 2.44. The largest absolute Gasteiger partial charge is 0.459 e. The van der Waals surface area contributed by atoms with Gasteiger partial charge in [0.1, 0.15) is 12.6 Å². The first-order chi connectivity index (χ1) is 9.43. The molecule has 1 amide bonds. The number of ether oxygens (including phenoxy) is 1. The summed E-state index contributed by atoms with van der Waals surface area (Å²) < 4.78 is 4.97. The van der Waals surface area contributed by atoms with Gasteiger partial charge in [-0.15, -0.1) is 0 Å². The van der Waals surface area contributed by atoms with Crippen molar-refractivity contribution in [1.82, 2.24) is 5.32 Å². The van der Waals surface area contributed by atoms with Gasteiger partial charge in [-0.3, -0.25) is 14.9 Å². The minimum atomic E-state index is -0.802. The van der Waals surface area contributed by atoms with Gasteiger partial charge in [0.2, 0.25) is 5.91 Å². The fourth-order valence-electron chi connectivity index (χ4n) is 1.35. The Bertz CT molecular complexity index is 500. The van der Waals surface area contributed by atoms with Crippen molar-refractivity contribution >= 4 is 17.6 Å². The summed E-state index contributed by atoms with van der Waals surface area (Å²) in [5.74, 6) is -1.06. The van der Waals surface area contributed by atoms with Crippen molar-refractivity contribution in [2.24, 2.45) is 5.73 Å². The molecule has 0 saturated carbocycles. The van der Waals surface area contributed by atoms with E-state index in [1.807, 2.05) is 0 Å². The van der Waals surface area contributed by atoms with Crippen molar-refractivity contribution in [2.75, 3.05) is 6.54 Å². The molecule has 0 saturated heterocycles. The van der Waals surface area contributed by atoms with Crippen molar-refractivity contribution in [3.05, 3.63) is 39.9 Å². The topological polar surface area (TPSA) is 125 Å². The zero-order valence-electron chi connectivity index (χ0n) is 10.9. The van der Waals surface area contributed by atoms with Gasteiger partial charge in [-0.2, -0.15) is 0 Å². The Kier molecular flexibility index (Phi) is 5.60. The normalized spacial score (nSPS) is 11.5. The van der Waals surface area contributed by atoms with E-state index >= 15 is 0 Å². The smallest absolute Gasteiger partial charge is 0.328 e. The maximum atomic E-state index is 11.6. The Morgan fingerprint density at radius 2 is 2.00 bits per heavy atom. The molecule has 3 N–H and O–H groups in total. The van der Waals surface area contributed by atoms with Crippen LogP contribution in [0.4, 0.5) is 5.69 Å². The lowest BCUT2D eigenvalue weighted by molar-refractivity contribution is -0.384. The Morgan fingerprint density at radius 3 is 2.50 bits per heavy atom. The predicted octanol–water partition coefficient (Wildman–Crippen LogP) is 0.101. The average molecular weight is 281 g/mol. The lowest BCUT2D eigenvalue weighted by Gasteiger charge is -2.12. The first-order valence-electron chi connectivity index (χ1n) is 5.83. The Hall–Kier alpha value is -2.48. The van der Waals surface area contributed by atoms with Crippen LogP contribution in [0.3, 0.4) is 0 Å². The van der Waals surface area contributed by atoms with E-state index in [0.29, 0.717) is 5.56 Å². The number of non-ortho nitro benzene ring substituents is 1. The molecule has 0 aromatic heterocycles. The molecule has 8 heteroatoms. The van der Waals surface area contributed by atoms with Crippen LogP contribution in [0.2, 0.25) is 0 Å². The summed E-state index contributed by atoms with van der Waals surface area (Å²) in [6.07, 6.45) is 0. The fraction of sp³-hybridized carbons (Fsp3) is 0.333. The number of nitrogens with zero attached hydrogens (tertiary/aromatic N) is 1. The van der Waals surface area contributed by atoms with Gasteiger partial charge >= 0.3 is 5.97 Å². The Morgan fingerprint density at radius 1 is 1.40 bits per heavy atom. The van der Waals surface area contributed by atoms with E-state index in [9.17, 15) is 19.7 Å². The quantitative estimate of drug-likeness (QED) is 0.433. The van der Waals surface area contributed by atoms with Gasteiger partial charge in [0, 0.05) is 12.1 Å². The molecule has 108 valence electrons. The molecular formula is C12H15N3O5. The summed E-state index contributed by atoms with van der Waals surface area (Å²) in [4.78, 5) is 32.5. The monoisotopic (exact) mass is 281 g/mol. The lowest BCUT2D eigenvalue weighted by atomic mass is 10.2. The maximum Gasteiger partial charge on any atom is 0.328 e. The van der Waals surface area contributed by atoms with E-state index in [4.69, 9.17) is 10.5 Å². The van der Waals surface area contributed by atoms with E-state index < -0.39 is 22.8 Å². The highest BCUT2D eigenvalue weighted by Crippen LogP contribution is 2.12. The van der Waals surface area contributed by atoms with Crippen LogP contribution in [0.5, 0.6) is 0 Å². The van der Waals surface area contributed by atoms with Crippen molar-refractivity contribution in [1.29, 1.82) is 0 Å². The van der Waals surface area contributed by atoms with Crippen LogP contribution in [0.1, 0.15) is 12.5 Å². The van der Waals surface area contributed by atoms with Crippen LogP contribution in [0, 0.1) is 10.1 Å². The number of hydrogen-bond acceptors (Lipinski definition) is 6. The van der Waals surface area contributed by atoms with Gasteiger partial charge < -0.3 is 15.8 Å². The molecule has 0 radical (unpaired) electrons. The second-order valence-corrected chi connectivity index (χ2v) is 4.02. The third-order valence-corrected chi connectivity index (χ3v) is 2.44. The number of nitro groups is 1. The molecule has 8 nitrogen and oxygen atoms in total.